The lowest BCUT2D eigenvalue weighted by atomic mass is 9.88. The predicted molar refractivity (Wildman–Crippen MR) is 86.4 cm³/mol. The van der Waals surface area contributed by atoms with Crippen LogP contribution in [0, 0.1) is 10.1 Å². The molecule has 20 heavy (non-hydrogen) atoms. The van der Waals surface area contributed by atoms with Gasteiger partial charge in [-0.1, -0.05) is 19.3 Å². The van der Waals surface area contributed by atoms with E-state index in [4.69, 9.17) is 0 Å². The second-order valence-corrected chi connectivity index (χ2v) is 7.20. The summed E-state index contributed by atoms with van der Waals surface area (Å²) in [6, 6.07) is 0. The zero-order valence-electron chi connectivity index (χ0n) is 11.4. The van der Waals surface area contributed by atoms with Crippen molar-refractivity contribution >= 4 is 39.1 Å². The number of aromatic nitrogens is 1. The number of halogens is 1. The summed E-state index contributed by atoms with van der Waals surface area (Å²) in [5, 5.41) is 14.3. The standard InChI is InChI=1S/C13H18BrN3O2S/c1-20-13(5-3-2-4-6-13)9-16-12-10(14)7-15-8-11(12)17(18)19/h7-8H,2-6,9H2,1H3,(H,15,16). The maximum Gasteiger partial charge on any atom is 0.311 e. The van der Waals surface area contributed by atoms with E-state index in [9.17, 15) is 10.1 Å². The highest BCUT2D eigenvalue weighted by atomic mass is 79.9. The topological polar surface area (TPSA) is 68.1 Å². The first-order valence-electron chi connectivity index (χ1n) is 6.65. The van der Waals surface area contributed by atoms with Crippen molar-refractivity contribution in [3.63, 3.8) is 0 Å². The maximum atomic E-state index is 11.1. The van der Waals surface area contributed by atoms with Gasteiger partial charge < -0.3 is 5.32 Å². The molecule has 110 valence electrons. The van der Waals surface area contributed by atoms with Gasteiger partial charge in [-0.3, -0.25) is 15.1 Å². The molecule has 5 nitrogen and oxygen atoms in total. The Morgan fingerprint density at radius 2 is 2.15 bits per heavy atom. The van der Waals surface area contributed by atoms with Crippen molar-refractivity contribution in [2.24, 2.45) is 0 Å². The minimum atomic E-state index is -0.396. The van der Waals surface area contributed by atoms with Gasteiger partial charge in [-0.05, 0) is 35.0 Å². The summed E-state index contributed by atoms with van der Waals surface area (Å²) in [6.07, 6.45) is 11.1. The van der Waals surface area contributed by atoms with Crippen LogP contribution in [-0.2, 0) is 0 Å². The third-order valence-corrected chi connectivity index (χ3v) is 5.88. The van der Waals surface area contributed by atoms with Crippen molar-refractivity contribution in [2.45, 2.75) is 36.9 Å². The van der Waals surface area contributed by atoms with Gasteiger partial charge in [-0.2, -0.15) is 11.8 Å². The van der Waals surface area contributed by atoms with E-state index < -0.39 is 4.92 Å². The fraction of sp³-hybridized carbons (Fsp3) is 0.615. The van der Waals surface area contributed by atoms with Crippen molar-refractivity contribution in [1.82, 2.24) is 4.98 Å². The molecule has 0 saturated heterocycles. The number of hydrogen-bond acceptors (Lipinski definition) is 5. The van der Waals surface area contributed by atoms with E-state index in [-0.39, 0.29) is 10.4 Å². The number of anilines is 1. The molecule has 1 saturated carbocycles. The molecule has 1 aromatic heterocycles. The molecule has 0 spiro atoms. The highest BCUT2D eigenvalue weighted by Crippen LogP contribution is 2.40. The van der Waals surface area contributed by atoms with Crippen LogP contribution in [0.4, 0.5) is 11.4 Å². The van der Waals surface area contributed by atoms with Gasteiger partial charge in [0.05, 0.1) is 9.40 Å². The van der Waals surface area contributed by atoms with Gasteiger partial charge in [0.1, 0.15) is 11.9 Å². The first-order chi connectivity index (χ1) is 9.58. The van der Waals surface area contributed by atoms with Crippen LogP contribution in [0.25, 0.3) is 0 Å². The number of hydrogen-bond donors (Lipinski definition) is 1. The van der Waals surface area contributed by atoms with E-state index in [1.165, 1.54) is 25.5 Å². The van der Waals surface area contributed by atoms with E-state index in [1.807, 2.05) is 11.8 Å². The Morgan fingerprint density at radius 1 is 1.45 bits per heavy atom. The quantitative estimate of drug-likeness (QED) is 0.629. The van der Waals surface area contributed by atoms with Gasteiger partial charge >= 0.3 is 5.69 Å². The van der Waals surface area contributed by atoms with Crippen molar-refractivity contribution in [3.05, 3.63) is 27.0 Å². The van der Waals surface area contributed by atoms with Crippen LogP contribution in [0.15, 0.2) is 16.9 Å². The number of nitro groups is 1. The van der Waals surface area contributed by atoms with Crippen LogP contribution in [0.3, 0.4) is 0 Å². The molecule has 0 atom stereocenters. The number of pyridine rings is 1. The van der Waals surface area contributed by atoms with Crippen molar-refractivity contribution in [3.8, 4) is 0 Å². The van der Waals surface area contributed by atoms with Gasteiger partial charge in [0, 0.05) is 17.5 Å². The zero-order chi connectivity index (χ0) is 14.6. The smallest absolute Gasteiger partial charge is 0.311 e. The summed E-state index contributed by atoms with van der Waals surface area (Å²) in [6.45, 7) is 0.748. The normalized spacial score (nSPS) is 17.7. The lowest BCUT2D eigenvalue weighted by molar-refractivity contribution is -0.384. The molecule has 0 bridgehead atoms. The molecule has 0 radical (unpaired) electrons. The number of thioether (sulfide) groups is 1. The van der Waals surface area contributed by atoms with Crippen LogP contribution in [0.2, 0.25) is 0 Å². The van der Waals surface area contributed by atoms with Crippen LogP contribution in [0.1, 0.15) is 32.1 Å². The SMILES string of the molecule is CSC1(CNc2c(Br)cncc2[N+](=O)[O-])CCCCC1. The lowest BCUT2D eigenvalue weighted by Gasteiger charge is -2.36. The second kappa shape index (κ2) is 6.76. The number of nitrogens with zero attached hydrogens (tertiary/aromatic N) is 2. The second-order valence-electron chi connectivity index (χ2n) is 5.07. The van der Waals surface area contributed by atoms with Crippen molar-refractivity contribution in [1.29, 1.82) is 0 Å². The molecule has 0 amide bonds. The summed E-state index contributed by atoms with van der Waals surface area (Å²) in [4.78, 5) is 14.5. The zero-order valence-corrected chi connectivity index (χ0v) is 13.8. The molecule has 1 aromatic rings. The molecule has 1 aliphatic rings. The summed E-state index contributed by atoms with van der Waals surface area (Å²) >= 11 is 5.21. The number of rotatable bonds is 5. The summed E-state index contributed by atoms with van der Waals surface area (Å²) in [5.41, 5.74) is 0.551. The Balaban J connectivity index is 2.15. The van der Waals surface area contributed by atoms with Crippen LogP contribution in [0.5, 0.6) is 0 Å². The maximum absolute atomic E-state index is 11.1. The summed E-state index contributed by atoms with van der Waals surface area (Å²) in [5.74, 6) is 0. The fourth-order valence-electron chi connectivity index (χ4n) is 2.64. The van der Waals surface area contributed by atoms with Gasteiger partial charge in [-0.25, -0.2) is 0 Å². The Bertz CT molecular complexity index is 493. The Labute approximate surface area is 131 Å². The van der Waals surface area contributed by atoms with Gasteiger partial charge in [0.15, 0.2) is 0 Å². The van der Waals surface area contributed by atoms with Crippen LogP contribution in [-0.4, -0.2) is 27.5 Å². The highest BCUT2D eigenvalue weighted by Gasteiger charge is 2.32. The first-order valence-corrected chi connectivity index (χ1v) is 8.67. The molecule has 0 aliphatic heterocycles. The third-order valence-electron chi connectivity index (χ3n) is 3.86. The monoisotopic (exact) mass is 359 g/mol. The van der Waals surface area contributed by atoms with Gasteiger partial charge in [0.25, 0.3) is 0 Å². The van der Waals surface area contributed by atoms with E-state index in [1.54, 1.807) is 6.20 Å². The Morgan fingerprint density at radius 3 is 2.75 bits per heavy atom. The van der Waals surface area contributed by atoms with E-state index in [0.29, 0.717) is 10.2 Å². The third kappa shape index (κ3) is 3.44. The van der Waals surface area contributed by atoms with Gasteiger partial charge in [0.2, 0.25) is 0 Å². The molecule has 1 fully saturated rings. The average molecular weight is 360 g/mol. The molecule has 0 unspecified atom stereocenters. The lowest BCUT2D eigenvalue weighted by Crippen LogP contribution is -2.35. The minimum absolute atomic E-state index is 0.0198. The highest BCUT2D eigenvalue weighted by molar-refractivity contribution is 9.10. The van der Waals surface area contributed by atoms with Crippen LogP contribution < -0.4 is 5.32 Å². The molecule has 1 heterocycles. The largest absolute Gasteiger partial charge is 0.377 e. The van der Waals surface area contributed by atoms with E-state index >= 15 is 0 Å². The molecular formula is C13H18BrN3O2S. The van der Waals surface area contributed by atoms with E-state index in [0.717, 1.165) is 19.4 Å². The minimum Gasteiger partial charge on any atom is -0.377 e. The Kier molecular flexibility index (Phi) is 5.26. The molecule has 2 rings (SSSR count). The van der Waals surface area contributed by atoms with E-state index in [2.05, 4.69) is 32.5 Å². The fourth-order valence-corrected chi connectivity index (χ4v) is 4.01. The molecule has 0 aromatic carbocycles. The molecule has 1 N–H and O–H groups in total. The summed E-state index contributed by atoms with van der Waals surface area (Å²) < 4.78 is 0.827. The van der Waals surface area contributed by atoms with Crippen molar-refractivity contribution in [2.75, 3.05) is 18.1 Å². The van der Waals surface area contributed by atoms with Gasteiger partial charge in [-0.15, -0.1) is 0 Å². The number of nitrogens with one attached hydrogen (secondary N) is 1. The summed E-state index contributed by atoms with van der Waals surface area (Å²) in [7, 11) is 0. The first kappa shape index (κ1) is 15.6. The average Bonchev–Trinajstić information content (AvgIpc) is 2.46. The molecule has 7 heteroatoms. The Hall–Kier alpha value is -0.820. The van der Waals surface area contributed by atoms with Crippen LogP contribution >= 0.6 is 27.7 Å². The predicted octanol–water partition coefficient (Wildman–Crippen LogP) is 4.23. The molecular weight excluding hydrogens is 342 g/mol. The van der Waals surface area contributed by atoms with Crippen molar-refractivity contribution < 1.29 is 4.92 Å². The molecule has 1 aliphatic carbocycles.